The summed E-state index contributed by atoms with van der Waals surface area (Å²) in [6, 6.07) is 11.4. The highest BCUT2D eigenvalue weighted by molar-refractivity contribution is 9.11. The molecule has 1 aromatic heterocycles. The minimum absolute atomic E-state index is 0.530. The summed E-state index contributed by atoms with van der Waals surface area (Å²) < 4.78 is 7.57. The van der Waals surface area contributed by atoms with Crippen LogP contribution in [0, 0.1) is 0 Å². The number of hydrogen-bond acceptors (Lipinski definition) is 3. The highest BCUT2D eigenvalue weighted by Crippen LogP contribution is 2.32. The van der Waals surface area contributed by atoms with Crippen molar-refractivity contribution in [2.45, 2.75) is 0 Å². The average Bonchev–Trinajstić information content (AvgIpc) is 2.74. The molecule has 18 heavy (non-hydrogen) atoms. The fourth-order valence-electron chi connectivity index (χ4n) is 1.76. The number of nitrogens with two attached hydrogens (primary N) is 1. The molecule has 0 aliphatic rings. The van der Waals surface area contributed by atoms with Gasteiger partial charge in [0, 0.05) is 10.2 Å². The van der Waals surface area contributed by atoms with E-state index in [1.54, 1.807) is 0 Å². The zero-order chi connectivity index (χ0) is 12.7. The summed E-state index contributed by atoms with van der Waals surface area (Å²) in [6.07, 6.45) is 0. The number of hydrogen-bond donors (Lipinski definition) is 1. The van der Waals surface area contributed by atoms with Crippen molar-refractivity contribution in [3.8, 4) is 11.5 Å². The predicted molar refractivity (Wildman–Crippen MR) is 79.3 cm³/mol. The average molecular weight is 368 g/mol. The van der Waals surface area contributed by atoms with E-state index in [9.17, 15) is 0 Å². The van der Waals surface area contributed by atoms with Gasteiger partial charge in [0.05, 0.1) is 10.0 Å². The number of oxazole rings is 1. The van der Waals surface area contributed by atoms with Crippen molar-refractivity contribution in [1.29, 1.82) is 0 Å². The van der Waals surface area contributed by atoms with Crippen LogP contribution in [-0.4, -0.2) is 4.98 Å². The third kappa shape index (κ3) is 1.93. The van der Waals surface area contributed by atoms with Gasteiger partial charge < -0.3 is 10.2 Å². The molecule has 3 aromatic rings. The van der Waals surface area contributed by atoms with Gasteiger partial charge in [0.2, 0.25) is 5.89 Å². The van der Waals surface area contributed by atoms with Crippen molar-refractivity contribution in [2.24, 2.45) is 0 Å². The van der Waals surface area contributed by atoms with Crippen LogP contribution >= 0.6 is 31.9 Å². The molecule has 3 nitrogen and oxygen atoms in total. The molecule has 2 N–H and O–H groups in total. The molecule has 3 rings (SSSR count). The van der Waals surface area contributed by atoms with Crippen molar-refractivity contribution in [3.63, 3.8) is 0 Å². The maximum Gasteiger partial charge on any atom is 0.229 e. The lowest BCUT2D eigenvalue weighted by molar-refractivity contribution is 0.618. The molecule has 0 fully saturated rings. The van der Waals surface area contributed by atoms with Gasteiger partial charge in [-0.25, -0.2) is 4.98 Å². The van der Waals surface area contributed by atoms with Crippen LogP contribution in [-0.2, 0) is 0 Å². The van der Waals surface area contributed by atoms with E-state index in [1.807, 2.05) is 36.4 Å². The molecule has 0 unspecified atom stereocenters. The molecular formula is C13H8Br2N2O. The SMILES string of the molecule is Nc1cc(Br)ccc1-c1nc2cccc(Br)c2o1. The second-order valence-electron chi connectivity index (χ2n) is 3.84. The Bertz CT molecular complexity index is 737. The molecule has 0 atom stereocenters. The number of halogens is 2. The third-order valence-electron chi connectivity index (χ3n) is 2.61. The minimum Gasteiger partial charge on any atom is -0.435 e. The van der Waals surface area contributed by atoms with Crippen LogP contribution in [0.1, 0.15) is 0 Å². The zero-order valence-electron chi connectivity index (χ0n) is 9.15. The van der Waals surface area contributed by atoms with Gasteiger partial charge in [0.25, 0.3) is 0 Å². The van der Waals surface area contributed by atoms with Gasteiger partial charge in [-0.05, 0) is 46.3 Å². The van der Waals surface area contributed by atoms with Crippen LogP contribution in [0.2, 0.25) is 0 Å². The summed E-state index contributed by atoms with van der Waals surface area (Å²) in [6.45, 7) is 0. The van der Waals surface area contributed by atoms with E-state index in [1.165, 1.54) is 0 Å². The number of para-hydroxylation sites is 1. The second kappa shape index (κ2) is 4.40. The molecule has 0 saturated heterocycles. The molecule has 0 saturated carbocycles. The van der Waals surface area contributed by atoms with E-state index in [0.29, 0.717) is 11.6 Å². The lowest BCUT2D eigenvalue weighted by Gasteiger charge is -2.01. The minimum atomic E-state index is 0.530. The molecular weight excluding hydrogens is 360 g/mol. The number of nitrogen functional groups attached to an aromatic ring is 1. The summed E-state index contributed by atoms with van der Waals surface area (Å²) in [7, 11) is 0. The van der Waals surface area contributed by atoms with Crippen LogP contribution in [0.3, 0.4) is 0 Å². The number of anilines is 1. The van der Waals surface area contributed by atoms with Crippen molar-refractivity contribution in [2.75, 3.05) is 5.73 Å². The first kappa shape index (κ1) is 11.7. The van der Waals surface area contributed by atoms with Gasteiger partial charge in [0.1, 0.15) is 5.52 Å². The van der Waals surface area contributed by atoms with Crippen molar-refractivity contribution in [3.05, 3.63) is 45.3 Å². The Morgan fingerprint density at radius 1 is 1.11 bits per heavy atom. The summed E-state index contributed by atoms with van der Waals surface area (Å²) >= 11 is 6.82. The Kier molecular flexibility index (Phi) is 2.87. The molecule has 0 aliphatic heterocycles. The van der Waals surface area contributed by atoms with Crippen molar-refractivity contribution < 1.29 is 4.42 Å². The monoisotopic (exact) mass is 366 g/mol. The first-order chi connectivity index (χ1) is 8.65. The smallest absolute Gasteiger partial charge is 0.229 e. The Balaban J connectivity index is 2.23. The Morgan fingerprint density at radius 3 is 2.67 bits per heavy atom. The lowest BCUT2D eigenvalue weighted by Crippen LogP contribution is -1.89. The highest BCUT2D eigenvalue weighted by atomic mass is 79.9. The van der Waals surface area contributed by atoms with E-state index in [2.05, 4.69) is 36.8 Å². The van der Waals surface area contributed by atoms with Crippen LogP contribution in [0.25, 0.3) is 22.6 Å². The largest absolute Gasteiger partial charge is 0.435 e. The van der Waals surface area contributed by atoms with Gasteiger partial charge in [-0.15, -0.1) is 0 Å². The molecule has 1 heterocycles. The summed E-state index contributed by atoms with van der Waals surface area (Å²) in [5, 5.41) is 0. The van der Waals surface area contributed by atoms with Gasteiger partial charge in [0.15, 0.2) is 5.58 Å². The van der Waals surface area contributed by atoms with Gasteiger partial charge in [-0.2, -0.15) is 0 Å². The Hall–Kier alpha value is -1.33. The Labute approximate surface area is 120 Å². The predicted octanol–water partition coefficient (Wildman–Crippen LogP) is 4.60. The van der Waals surface area contributed by atoms with Crippen molar-refractivity contribution >= 4 is 48.6 Å². The van der Waals surface area contributed by atoms with Gasteiger partial charge in [-0.3, -0.25) is 0 Å². The quantitative estimate of drug-likeness (QED) is 0.639. The van der Waals surface area contributed by atoms with E-state index < -0.39 is 0 Å². The summed E-state index contributed by atoms with van der Waals surface area (Å²) in [5.74, 6) is 0.530. The fourth-order valence-corrected chi connectivity index (χ4v) is 2.57. The molecule has 0 amide bonds. The van der Waals surface area contributed by atoms with E-state index >= 15 is 0 Å². The fraction of sp³-hybridized carbons (Fsp3) is 0. The summed E-state index contributed by atoms with van der Waals surface area (Å²) in [4.78, 5) is 4.44. The van der Waals surface area contributed by atoms with Crippen LogP contribution in [0.5, 0.6) is 0 Å². The third-order valence-corrected chi connectivity index (χ3v) is 3.73. The number of fused-ring (bicyclic) bond motifs is 1. The number of nitrogens with zero attached hydrogens (tertiary/aromatic N) is 1. The van der Waals surface area contributed by atoms with Crippen LogP contribution < -0.4 is 5.73 Å². The summed E-state index contributed by atoms with van der Waals surface area (Å²) in [5.41, 5.74) is 8.93. The molecule has 5 heteroatoms. The second-order valence-corrected chi connectivity index (χ2v) is 5.61. The van der Waals surface area contributed by atoms with Gasteiger partial charge >= 0.3 is 0 Å². The molecule has 0 bridgehead atoms. The molecule has 0 aliphatic carbocycles. The molecule has 0 radical (unpaired) electrons. The zero-order valence-corrected chi connectivity index (χ0v) is 12.3. The normalized spacial score (nSPS) is 11.0. The first-order valence-electron chi connectivity index (χ1n) is 5.25. The topological polar surface area (TPSA) is 52.0 Å². The molecule has 2 aromatic carbocycles. The van der Waals surface area contributed by atoms with E-state index in [4.69, 9.17) is 10.2 Å². The number of aromatic nitrogens is 1. The number of rotatable bonds is 1. The Morgan fingerprint density at radius 2 is 1.94 bits per heavy atom. The maximum absolute atomic E-state index is 5.97. The first-order valence-corrected chi connectivity index (χ1v) is 6.84. The van der Waals surface area contributed by atoms with Gasteiger partial charge in [-0.1, -0.05) is 22.0 Å². The maximum atomic E-state index is 5.97. The van der Waals surface area contributed by atoms with Crippen LogP contribution in [0.4, 0.5) is 5.69 Å². The highest BCUT2D eigenvalue weighted by Gasteiger charge is 2.12. The van der Waals surface area contributed by atoms with E-state index in [0.717, 1.165) is 25.6 Å². The molecule has 90 valence electrons. The van der Waals surface area contributed by atoms with E-state index in [-0.39, 0.29) is 0 Å². The number of benzene rings is 2. The van der Waals surface area contributed by atoms with Crippen LogP contribution in [0.15, 0.2) is 49.8 Å². The molecule has 0 spiro atoms. The lowest BCUT2D eigenvalue weighted by atomic mass is 10.2. The van der Waals surface area contributed by atoms with Crippen molar-refractivity contribution in [1.82, 2.24) is 4.98 Å². The standard InChI is InChI=1S/C13H8Br2N2O/c14-7-4-5-8(10(16)6-7)13-17-11-3-1-2-9(15)12(11)18-13/h1-6H,16H2.